The van der Waals surface area contributed by atoms with Gasteiger partial charge in [0, 0.05) is 37.2 Å². The molecule has 0 bridgehead atoms. The molecule has 0 radical (unpaired) electrons. The SMILES string of the molecule is COCCNc1ccc([N+](=O)[O-])cc1C(=O)O[C@H](C)C(=O)Nc1ccc(C)cc1. The Morgan fingerprint density at radius 3 is 2.48 bits per heavy atom. The van der Waals surface area contributed by atoms with Crippen LogP contribution < -0.4 is 10.6 Å². The number of carbonyl (C=O) groups is 2. The highest BCUT2D eigenvalue weighted by Gasteiger charge is 2.23. The summed E-state index contributed by atoms with van der Waals surface area (Å²) in [6, 6.07) is 11.0. The second-order valence-corrected chi connectivity index (χ2v) is 6.31. The minimum atomic E-state index is -1.10. The number of hydrogen-bond donors (Lipinski definition) is 2. The van der Waals surface area contributed by atoms with Gasteiger partial charge < -0.3 is 20.1 Å². The predicted octanol–water partition coefficient (Wildman–Crippen LogP) is 3.15. The van der Waals surface area contributed by atoms with E-state index in [-0.39, 0.29) is 11.3 Å². The maximum Gasteiger partial charge on any atom is 0.341 e. The first-order chi connectivity index (χ1) is 13.8. The maximum atomic E-state index is 12.6. The van der Waals surface area contributed by atoms with Gasteiger partial charge in [-0.3, -0.25) is 14.9 Å². The fourth-order valence-corrected chi connectivity index (χ4v) is 2.41. The summed E-state index contributed by atoms with van der Waals surface area (Å²) in [6.45, 7) is 4.11. The Labute approximate surface area is 168 Å². The molecule has 29 heavy (non-hydrogen) atoms. The van der Waals surface area contributed by atoms with E-state index < -0.39 is 22.9 Å². The van der Waals surface area contributed by atoms with Gasteiger partial charge in [0.2, 0.25) is 0 Å². The minimum absolute atomic E-state index is 0.0368. The number of anilines is 2. The van der Waals surface area contributed by atoms with Crippen LogP contribution in [0.4, 0.5) is 17.1 Å². The fraction of sp³-hybridized carbons (Fsp3) is 0.300. The highest BCUT2D eigenvalue weighted by molar-refractivity contribution is 6.00. The van der Waals surface area contributed by atoms with Gasteiger partial charge in [-0.15, -0.1) is 0 Å². The molecule has 9 heteroatoms. The minimum Gasteiger partial charge on any atom is -0.449 e. The molecule has 154 valence electrons. The Bertz CT molecular complexity index is 882. The van der Waals surface area contributed by atoms with Crippen LogP contribution in [0.1, 0.15) is 22.8 Å². The summed E-state index contributed by atoms with van der Waals surface area (Å²) in [4.78, 5) is 35.3. The van der Waals surface area contributed by atoms with Crippen molar-refractivity contribution in [3.63, 3.8) is 0 Å². The van der Waals surface area contributed by atoms with Crippen LogP contribution in [0.3, 0.4) is 0 Å². The van der Waals surface area contributed by atoms with E-state index in [0.717, 1.165) is 11.6 Å². The lowest BCUT2D eigenvalue weighted by molar-refractivity contribution is -0.384. The number of nitro groups is 1. The van der Waals surface area contributed by atoms with Gasteiger partial charge in [-0.05, 0) is 32.0 Å². The molecule has 1 amide bonds. The molecule has 9 nitrogen and oxygen atoms in total. The normalized spacial score (nSPS) is 11.4. The Morgan fingerprint density at radius 2 is 1.86 bits per heavy atom. The van der Waals surface area contributed by atoms with Gasteiger partial charge >= 0.3 is 5.97 Å². The summed E-state index contributed by atoms with van der Waals surface area (Å²) in [6.07, 6.45) is -1.10. The van der Waals surface area contributed by atoms with Crippen molar-refractivity contribution in [2.75, 3.05) is 30.9 Å². The third kappa shape index (κ3) is 6.28. The number of non-ortho nitro benzene ring substituents is 1. The molecule has 0 aliphatic carbocycles. The number of amides is 1. The lowest BCUT2D eigenvalue weighted by Gasteiger charge is -2.16. The number of nitro benzene ring substituents is 1. The molecular formula is C20H23N3O6. The molecule has 0 saturated carbocycles. The number of aryl methyl sites for hydroxylation is 1. The number of nitrogens with one attached hydrogen (secondary N) is 2. The Hall–Kier alpha value is -3.46. The number of ether oxygens (including phenoxy) is 2. The zero-order valence-corrected chi connectivity index (χ0v) is 16.4. The third-order valence-corrected chi connectivity index (χ3v) is 4.03. The molecule has 0 saturated heterocycles. The third-order valence-electron chi connectivity index (χ3n) is 4.03. The summed E-state index contributed by atoms with van der Waals surface area (Å²) < 4.78 is 10.2. The van der Waals surface area contributed by atoms with E-state index in [1.54, 1.807) is 12.1 Å². The van der Waals surface area contributed by atoms with Gasteiger partial charge in [0.05, 0.1) is 17.1 Å². The molecule has 1 atom stereocenters. The molecule has 2 N–H and O–H groups in total. The van der Waals surface area contributed by atoms with Crippen LogP contribution in [0.25, 0.3) is 0 Å². The van der Waals surface area contributed by atoms with Crippen molar-refractivity contribution in [1.29, 1.82) is 0 Å². The van der Waals surface area contributed by atoms with Crippen LogP contribution >= 0.6 is 0 Å². The molecule has 0 spiro atoms. The first-order valence-corrected chi connectivity index (χ1v) is 8.91. The van der Waals surface area contributed by atoms with Crippen LogP contribution in [0.5, 0.6) is 0 Å². The van der Waals surface area contributed by atoms with Gasteiger partial charge in [-0.25, -0.2) is 4.79 Å². The van der Waals surface area contributed by atoms with Crippen LogP contribution in [-0.4, -0.2) is 43.2 Å². The Balaban J connectivity index is 2.12. The molecule has 0 aliphatic rings. The first kappa shape index (κ1) is 21.8. The van der Waals surface area contributed by atoms with Gasteiger partial charge in [0.25, 0.3) is 11.6 Å². The summed E-state index contributed by atoms with van der Waals surface area (Å²) >= 11 is 0. The van der Waals surface area contributed by atoms with E-state index in [4.69, 9.17) is 9.47 Å². The largest absolute Gasteiger partial charge is 0.449 e. The van der Waals surface area contributed by atoms with Crippen molar-refractivity contribution >= 4 is 28.9 Å². The second kappa shape index (κ2) is 10.2. The molecule has 0 unspecified atom stereocenters. The van der Waals surface area contributed by atoms with Gasteiger partial charge in [-0.1, -0.05) is 17.7 Å². The van der Waals surface area contributed by atoms with E-state index in [9.17, 15) is 19.7 Å². The number of rotatable bonds is 9. The van der Waals surface area contributed by atoms with Crippen LogP contribution in [0.15, 0.2) is 42.5 Å². The number of esters is 1. The van der Waals surface area contributed by atoms with Crippen molar-refractivity contribution in [1.82, 2.24) is 0 Å². The molecular weight excluding hydrogens is 378 g/mol. The van der Waals surface area contributed by atoms with Crippen molar-refractivity contribution in [2.24, 2.45) is 0 Å². The second-order valence-electron chi connectivity index (χ2n) is 6.31. The van der Waals surface area contributed by atoms with Crippen LogP contribution in [0, 0.1) is 17.0 Å². The van der Waals surface area contributed by atoms with Crippen molar-refractivity contribution in [3.8, 4) is 0 Å². The quantitative estimate of drug-likeness (QED) is 0.287. The van der Waals surface area contributed by atoms with E-state index >= 15 is 0 Å². The smallest absolute Gasteiger partial charge is 0.341 e. The summed E-state index contributed by atoms with van der Waals surface area (Å²) in [5.41, 5.74) is 1.67. The summed E-state index contributed by atoms with van der Waals surface area (Å²) in [5.74, 6) is -1.36. The van der Waals surface area contributed by atoms with Crippen molar-refractivity contribution in [2.45, 2.75) is 20.0 Å². The molecule has 0 fully saturated rings. The van der Waals surface area contributed by atoms with Crippen molar-refractivity contribution < 1.29 is 24.0 Å². The van der Waals surface area contributed by atoms with E-state index in [2.05, 4.69) is 10.6 Å². The lowest BCUT2D eigenvalue weighted by Crippen LogP contribution is -2.30. The van der Waals surface area contributed by atoms with Crippen molar-refractivity contribution in [3.05, 3.63) is 63.7 Å². The molecule has 2 rings (SSSR count). The summed E-state index contributed by atoms with van der Waals surface area (Å²) in [7, 11) is 1.53. The van der Waals surface area contributed by atoms with E-state index in [1.165, 1.54) is 26.2 Å². The topological polar surface area (TPSA) is 120 Å². The average molecular weight is 401 g/mol. The van der Waals surface area contributed by atoms with E-state index in [0.29, 0.717) is 24.5 Å². The number of benzene rings is 2. The summed E-state index contributed by atoms with van der Waals surface area (Å²) in [5, 5.41) is 16.7. The number of methoxy groups -OCH3 is 1. The maximum absolute atomic E-state index is 12.6. The standard InChI is InChI=1S/C20H23N3O6/c1-13-4-6-15(7-5-13)22-19(24)14(2)29-20(25)17-12-16(23(26)27)8-9-18(17)21-10-11-28-3/h4-9,12,14,21H,10-11H2,1-3H3,(H,22,24)/t14-/m1/s1. The van der Waals surface area contributed by atoms with Crippen LogP contribution in [-0.2, 0) is 14.3 Å². The molecule has 0 heterocycles. The molecule has 0 aliphatic heterocycles. The van der Waals surface area contributed by atoms with Crippen LogP contribution in [0.2, 0.25) is 0 Å². The molecule has 2 aromatic carbocycles. The monoisotopic (exact) mass is 401 g/mol. The highest BCUT2D eigenvalue weighted by Crippen LogP contribution is 2.23. The first-order valence-electron chi connectivity index (χ1n) is 8.91. The average Bonchev–Trinajstić information content (AvgIpc) is 2.69. The number of hydrogen-bond acceptors (Lipinski definition) is 7. The molecule has 0 aromatic heterocycles. The molecule has 2 aromatic rings. The van der Waals surface area contributed by atoms with Gasteiger partial charge in [-0.2, -0.15) is 0 Å². The lowest BCUT2D eigenvalue weighted by atomic mass is 10.1. The zero-order valence-electron chi connectivity index (χ0n) is 16.4. The fourth-order valence-electron chi connectivity index (χ4n) is 2.41. The van der Waals surface area contributed by atoms with Gasteiger partial charge in [0.15, 0.2) is 6.10 Å². The predicted molar refractivity (Wildman–Crippen MR) is 108 cm³/mol. The number of carbonyl (C=O) groups excluding carboxylic acids is 2. The highest BCUT2D eigenvalue weighted by atomic mass is 16.6. The number of nitrogens with zero attached hydrogens (tertiary/aromatic N) is 1. The van der Waals surface area contributed by atoms with Gasteiger partial charge in [0.1, 0.15) is 0 Å². The Morgan fingerprint density at radius 1 is 1.17 bits per heavy atom. The van der Waals surface area contributed by atoms with E-state index in [1.807, 2.05) is 19.1 Å². The zero-order chi connectivity index (χ0) is 21.4. The Kier molecular flexibility index (Phi) is 7.67.